The zero-order valence-corrected chi connectivity index (χ0v) is 10.2. The fourth-order valence-electron chi connectivity index (χ4n) is 2.02. The number of hydrogen-bond acceptors (Lipinski definition) is 2. The molecule has 1 aliphatic rings. The topological polar surface area (TPSA) is 20.2 Å². The van der Waals surface area contributed by atoms with Gasteiger partial charge in [-0.1, -0.05) is 6.07 Å². The first-order valence-electron chi connectivity index (χ1n) is 5.52. The minimum atomic E-state index is -4.70. The minimum Gasteiger partial charge on any atom is -0.388 e. The van der Waals surface area contributed by atoms with Crippen LogP contribution in [0, 0.1) is 11.7 Å². The van der Waals surface area contributed by atoms with Gasteiger partial charge in [-0.25, -0.2) is 4.39 Å². The Morgan fingerprint density at radius 1 is 1.33 bits per heavy atom. The van der Waals surface area contributed by atoms with Crippen LogP contribution in [-0.4, -0.2) is 16.6 Å². The molecule has 1 heterocycles. The van der Waals surface area contributed by atoms with Crippen LogP contribution in [0.15, 0.2) is 18.2 Å². The number of aliphatic hydroxyl groups excluding tert-OH is 1. The molecule has 0 aliphatic carbocycles. The van der Waals surface area contributed by atoms with E-state index in [1.54, 1.807) is 11.8 Å². The van der Waals surface area contributed by atoms with Crippen molar-refractivity contribution in [3.05, 3.63) is 35.1 Å². The van der Waals surface area contributed by atoms with E-state index < -0.39 is 23.7 Å². The second-order valence-electron chi connectivity index (χ2n) is 4.31. The maximum atomic E-state index is 13.4. The molecule has 0 aromatic heterocycles. The lowest BCUT2D eigenvalue weighted by atomic mass is 9.94. The lowest BCUT2D eigenvalue weighted by molar-refractivity contribution is -0.140. The van der Waals surface area contributed by atoms with Gasteiger partial charge in [0.05, 0.1) is 11.7 Å². The third kappa shape index (κ3) is 2.80. The first kappa shape index (κ1) is 13.7. The fraction of sp³-hybridized carbons (Fsp3) is 0.500. The fourth-order valence-corrected chi connectivity index (χ4v) is 3.31. The summed E-state index contributed by atoms with van der Waals surface area (Å²) in [4.78, 5) is 0. The molecule has 1 aliphatic heterocycles. The maximum absolute atomic E-state index is 13.4. The van der Waals surface area contributed by atoms with E-state index in [1.165, 1.54) is 0 Å². The molecule has 1 aromatic carbocycles. The van der Waals surface area contributed by atoms with Crippen LogP contribution >= 0.6 is 11.8 Å². The van der Waals surface area contributed by atoms with Crippen molar-refractivity contribution < 1.29 is 22.7 Å². The van der Waals surface area contributed by atoms with Gasteiger partial charge in [0.15, 0.2) is 0 Å². The SMILES string of the molecule is OC(c1ccc(C(F)(F)F)c(F)c1)C1CCSC1. The lowest BCUT2D eigenvalue weighted by Crippen LogP contribution is -2.14. The van der Waals surface area contributed by atoms with Gasteiger partial charge in [0.25, 0.3) is 0 Å². The van der Waals surface area contributed by atoms with Crippen molar-refractivity contribution in [2.24, 2.45) is 5.92 Å². The molecule has 1 saturated heterocycles. The second kappa shape index (κ2) is 5.09. The average molecular weight is 280 g/mol. The third-order valence-electron chi connectivity index (χ3n) is 3.05. The minimum absolute atomic E-state index is 0.00821. The van der Waals surface area contributed by atoms with Gasteiger partial charge in [-0.2, -0.15) is 24.9 Å². The smallest absolute Gasteiger partial charge is 0.388 e. The molecule has 1 fully saturated rings. The zero-order chi connectivity index (χ0) is 13.3. The van der Waals surface area contributed by atoms with Crippen molar-refractivity contribution in [3.63, 3.8) is 0 Å². The molecule has 1 N–H and O–H groups in total. The standard InChI is InChI=1S/C12H12F4OS/c13-10-5-7(1-2-9(10)12(14,15)16)11(17)8-3-4-18-6-8/h1-2,5,8,11,17H,3-4,6H2. The summed E-state index contributed by atoms with van der Waals surface area (Å²) in [5, 5.41) is 9.98. The number of rotatable bonds is 2. The molecular formula is C12H12F4OS. The Morgan fingerprint density at radius 2 is 2.06 bits per heavy atom. The summed E-state index contributed by atoms with van der Waals surface area (Å²) in [5.41, 5.74) is -1.08. The normalized spacial score (nSPS) is 22.2. The Morgan fingerprint density at radius 3 is 2.56 bits per heavy atom. The highest BCUT2D eigenvalue weighted by Crippen LogP contribution is 2.36. The summed E-state index contributed by atoms with van der Waals surface area (Å²) in [6.07, 6.45) is -4.79. The molecule has 100 valence electrons. The van der Waals surface area contributed by atoms with Gasteiger partial charge in [-0.05, 0) is 41.5 Å². The van der Waals surface area contributed by atoms with E-state index in [0.717, 1.165) is 30.1 Å². The molecule has 0 amide bonds. The molecule has 18 heavy (non-hydrogen) atoms. The van der Waals surface area contributed by atoms with Crippen molar-refractivity contribution in [3.8, 4) is 0 Å². The van der Waals surface area contributed by atoms with Crippen LogP contribution < -0.4 is 0 Å². The number of hydrogen-bond donors (Lipinski definition) is 1. The van der Waals surface area contributed by atoms with Gasteiger partial charge in [0.1, 0.15) is 5.82 Å². The number of thioether (sulfide) groups is 1. The highest BCUT2D eigenvalue weighted by Gasteiger charge is 2.34. The van der Waals surface area contributed by atoms with Gasteiger partial charge in [-0.3, -0.25) is 0 Å². The molecular weight excluding hydrogens is 268 g/mol. The van der Waals surface area contributed by atoms with E-state index in [1.807, 2.05) is 0 Å². The van der Waals surface area contributed by atoms with Crippen LogP contribution in [0.25, 0.3) is 0 Å². The van der Waals surface area contributed by atoms with Gasteiger partial charge in [-0.15, -0.1) is 0 Å². The van der Waals surface area contributed by atoms with Crippen molar-refractivity contribution >= 4 is 11.8 Å². The highest BCUT2D eigenvalue weighted by atomic mass is 32.2. The molecule has 0 bridgehead atoms. The molecule has 0 spiro atoms. The summed E-state index contributed by atoms with van der Waals surface area (Å²) in [5.74, 6) is 0.338. The van der Waals surface area contributed by atoms with Crippen molar-refractivity contribution in [2.45, 2.75) is 18.7 Å². The molecule has 0 radical (unpaired) electrons. The molecule has 0 saturated carbocycles. The Labute approximate surface area is 106 Å². The Balaban J connectivity index is 2.23. The van der Waals surface area contributed by atoms with Crippen molar-refractivity contribution in [2.75, 3.05) is 11.5 Å². The zero-order valence-electron chi connectivity index (χ0n) is 9.38. The summed E-state index contributed by atoms with van der Waals surface area (Å²) in [6, 6.07) is 2.63. The van der Waals surface area contributed by atoms with Gasteiger partial charge >= 0.3 is 6.18 Å². The Hall–Kier alpha value is -0.750. The molecule has 2 rings (SSSR count). The van der Waals surface area contributed by atoms with Crippen LogP contribution in [0.2, 0.25) is 0 Å². The van der Waals surface area contributed by atoms with Gasteiger partial charge in [0, 0.05) is 0 Å². The van der Waals surface area contributed by atoms with E-state index in [-0.39, 0.29) is 11.5 Å². The molecule has 2 unspecified atom stereocenters. The first-order chi connectivity index (χ1) is 8.39. The quantitative estimate of drug-likeness (QED) is 0.835. The number of alkyl halides is 3. The van der Waals surface area contributed by atoms with Crippen LogP contribution in [0.1, 0.15) is 23.7 Å². The summed E-state index contributed by atoms with van der Waals surface area (Å²) < 4.78 is 50.5. The van der Waals surface area contributed by atoms with E-state index in [2.05, 4.69) is 0 Å². The number of benzene rings is 1. The van der Waals surface area contributed by atoms with E-state index in [4.69, 9.17) is 0 Å². The van der Waals surface area contributed by atoms with Crippen LogP contribution in [0.4, 0.5) is 17.6 Å². The third-order valence-corrected chi connectivity index (χ3v) is 4.24. The van der Waals surface area contributed by atoms with Crippen LogP contribution in [0.3, 0.4) is 0 Å². The highest BCUT2D eigenvalue weighted by molar-refractivity contribution is 7.99. The Kier molecular flexibility index (Phi) is 3.87. The van der Waals surface area contributed by atoms with Gasteiger partial charge in [0.2, 0.25) is 0 Å². The predicted molar refractivity (Wildman–Crippen MR) is 61.8 cm³/mol. The molecule has 1 aromatic rings. The maximum Gasteiger partial charge on any atom is 0.419 e. The lowest BCUT2D eigenvalue weighted by Gasteiger charge is -2.18. The predicted octanol–water partition coefficient (Wildman–Crippen LogP) is 3.63. The summed E-state index contributed by atoms with van der Waals surface area (Å²) in [7, 11) is 0. The molecule has 2 atom stereocenters. The molecule has 1 nitrogen and oxygen atoms in total. The largest absolute Gasteiger partial charge is 0.419 e. The second-order valence-corrected chi connectivity index (χ2v) is 5.46. The average Bonchev–Trinajstić information content (AvgIpc) is 2.79. The van der Waals surface area contributed by atoms with Crippen LogP contribution in [-0.2, 0) is 6.18 Å². The number of halogens is 4. The monoisotopic (exact) mass is 280 g/mol. The Bertz CT molecular complexity index is 427. The van der Waals surface area contributed by atoms with Crippen LogP contribution in [0.5, 0.6) is 0 Å². The van der Waals surface area contributed by atoms with Crippen molar-refractivity contribution in [1.29, 1.82) is 0 Å². The van der Waals surface area contributed by atoms with E-state index in [0.29, 0.717) is 6.07 Å². The molecule has 6 heteroatoms. The summed E-state index contributed by atoms with van der Waals surface area (Å²) in [6.45, 7) is 0. The van der Waals surface area contributed by atoms with Gasteiger partial charge < -0.3 is 5.11 Å². The first-order valence-corrected chi connectivity index (χ1v) is 6.67. The van der Waals surface area contributed by atoms with E-state index >= 15 is 0 Å². The summed E-state index contributed by atoms with van der Waals surface area (Å²) >= 11 is 1.68. The van der Waals surface area contributed by atoms with E-state index in [9.17, 15) is 22.7 Å². The van der Waals surface area contributed by atoms with Crippen molar-refractivity contribution in [1.82, 2.24) is 0 Å². The number of aliphatic hydroxyl groups is 1.